The molecule has 0 radical (unpaired) electrons. The number of halogens is 3. The second-order valence-electron chi connectivity index (χ2n) is 6.71. The van der Waals surface area contributed by atoms with E-state index in [1.165, 1.54) is 4.68 Å². The molecule has 1 aliphatic heterocycles. The van der Waals surface area contributed by atoms with Crippen molar-refractivity contribution in [3.8, 4) is 11.3 Å². The Labute approximate surface area is 165 Å². The van der Waals surface area contributed by atoms with Crippen molar-refractivity contribution in [2.24, 2.45) is 0 Å². The maximum absolute atomic E-state index is 13.0. The first-order valence-electron chi connectivity index (χ1n) is 9.07. The molecule has 1 amide bonds. The van der Waals surface area contributed by atoms with E-state index in [9.17, 15) is 13.6 Å². The second-order valence-corrected chi connectivity index (χ2v) is 7.14. The number of nitrogens with one attached hydrogen (secondary N) is 1. The third-order valence-corrected chi connectivity index (χ3v) is 5.05. The molecule has 0 spiro atoms. The number of nitrogens with zero attached hydrogens (tertiary/aromatic N) is 3. The van der Waals surface area contributed by atoms with Crippen LogP contribution in [0.15, 0.2) is 42.5 Å². The topological polar surface area (TPSA) is 50.2 Å². The molecule has 5 nitrogen and oxygen atoms in total. The summed E-state index contributed by atoms with van der Waals surface area (Å²) in [5, 5.41) is 8.80. The first-order chi connectivity index (χ1) is 13.5. The standard InChI is InChI=1S/C20H19ClF2N4O/c21-15-3-1-2-13(10-15)19-16-11-14(20(28)26-8-6-24-7-9-26)4-5-17(16)27(25-19)12-18(22)23/h1-5,10-11,18,24H,6-9,12H2. The molecule has 3 aromatic rings. The predicted molar refractivity (Wildman–Crippen MR) is 105 cm³/mol. The van der Waals surface area contributed by atoms with Crippen LogP contribution in [0, 0.1) is 0 Å². The highest BCUT2D eigenvalue weighted by Crippen LogP contribution is 2.31. The maximum Gasteiger partial charge on any atom is 0.257 e. The summed E-state index contributed by atoms with van der Waals surface area (Å²) in [7, 11) is 0. The van der Waals surface area contributed by atoms with E-state index in [4.69, 9.17) is 11.6 Å². The first-order valence-corrected chi connectivity index (χ1v) is 9.45. The average molecular weight is 405 g/mol. The van der Waals surface area contributed by atoms with Crippen molar-refractivity contribution in [3.63, 3.8) is 0 Å². The molecule has 1 aliphatic rings. The molecule has 146 valence electrons. The van der Waals surface area contributed by atoms with E-state index in [0.29, 0.717) is 40.3 Å². The lowest BCUT2D eigenvalue weighted by atomic mass is 10.0. The van der Waals surface area contributed by atoms with Crippen molar-refractivity contribution < 1.29 is 13.6 Å². The number of carbonyl (C=O) groups is 1. The van der Waals surface area contributed by atoms with E-state index >= 15 is 0 Å². The van der Waals surface area contributed by atoms with Crippen molar-refractivity contribution >= 4 is 28.4 Å². The Morgan fingerprint density at radius 1 is 1.18 bits per heavy atom. The van der Waals surface area contributed by atoms with Gasteiger partial charge in [0, 0.05) is 47.7 Å². The number of rotatable bonds is 4. The number of hydrogen-bond donors (Lipinski definition) is 1. The molecule has 28 heavy (non-hydrogen) atoms. The van der Waals surface area contributed by atoms with Gasteiger partial charge < -0.3 is 10.2 Å². The number of piperazine rings is 1. The Morgan fingerprint density at radius 3 is 2.68 bits per heavy atom. The third kappa shape index (κ3) is 3.72. The number of fused-ring (bicyclic) bond motifs is 1. The quantitative estimate of drug-likeness (QED) is 0.722. The molecule has 1 aromatic heterocycles. The smallest absolute Gasteiger partial charge is 0.257 e. The van der Waals surface area contributed by atoms with Crippen LogP contribution in [0.1, 0.15) is 10.4 Å². The fourth-order valence-electron chi connectivity index (χ4n) is 3.48. The molecule has 0 unspecified atom stereocenters. The largest absolute Gasteiger partial charge is 0.336 e. The van der Waals surface area contributed by atoms with Gasteiger partial charge in [-0.15, -0.1) is 0 Å². The summed E-state index contributed by atoms with van der Waals surface area (Å²) < 4.78 is 27.3. The molecule has 1 saturated heterocycles. The highest BCUT2D eigenvalue weighted by Gasteiger charge is 2.21. The number of hydrogen-bond acceptors (Lipinski definition) is 3. The molecule has 1 N–H and O–H groups in total. The van der Waals surface area contributed by atoms with Gasteiger partial charge in [0.1, 0.15) is 12.2 Å². The summed E-state index contributed by atoms with van der Waals surface area (Å²) in [4.78, 5) is 14.7. The fourth-order valence-corrected chi connectivity index (χ4v) is 3.67. The number of carbonyl (C=O) groups excluding carboxylic acids is 1. The van der Waals surface area contributed by atoms with Gasteiger partial charge in [0.2, 0.25) is 0 Å². The van der Waals surface area contributed by atoms with Crippen LogP contribution in [-0.4, -0.2) is 53.2 Å². The summed E-state index contributed by atoms with van der Waals surface area (Å²) in [6.07, 6.45) is -2.53. The van der Waals surface area contributed by atoms with Crippen LogP contribution in [-0.2, 0) is 6.54 Å². The van der Waals surface area contributed by atoms with Gasteiger partial charge in [-0.2, -0.15) is 5.10 Å². The first kappa shape index (κ1) is 18.8. The Kier molecular flexibility index (Phi) is 5.28. The lowest BCUT2D eigenvalue weighted by Gasteiger charge is -2.27. The summed E-state index contributed by atoms with van der Waals surface area (Å²) in [5.41, 5.74) is 2.34. The van der Waals surface area contributed by atoms with Crippen LogP contribution >= 0.6 is 11.6 Å². The molecule has 2 aromatic carbocycles. The number of aromatic nitrogens is 2. The summed E-state index contributed by atoms with van der Waals surface area (Å²) in [6, 6.07) is 12.2. The monoisotopic (exact) mass is 404 g/mol. The second kappa shape index (κ2) is 7.85. The molecule has 0 bridgehead atoms. The lowest BCUT2D eigenvalue weighted by molar-refractivity contribution is 0.0736. The van der Waals surface area contributed by atoms with Crippen LogP contribution in [0.4, 0.5) is 8.78 Å². The minimum Gasteiger partial charge on any atom is -0.336 e. The van der Waals surface area contributed by atoms with Gasteiger partial charge >= 0.3 is 0 Å². The number of benzene rings is 2. The van der Waals surface area contributed by atoms with Crippen LogP contribution in [0.2, 0.25) is 5.02 Å². The zero-order chi connectivity index (χ0) is 19.7. The van der Waals surface area contributed by atoms with E-state index in [-0.39, 0.29) is 5.91 Å². The Morgan fingerprint density at radius 2 is 1.96 bits per heavy atom. The van der Waals surface area contributed by atoms with Gasteiger partial charge in [-0.05, 0) is 30.3 Å². The average Bonchev–Trinajstić information content (AvgIpc) is 3.05. The molecule has 0 aliphatic carbocycles. The SMILES string of the molecule is O=C(c1ccc2c(c1)c(-c1cccc(Cl)c1)nn2CC(F)F)N1CCNCC1. The van der Waals surface area contributed by atoms with Crippen molar-refractivity contribution in [2.75, 3.05) is 26.2 Å². The Balaban J connectivity index is 1.81. The van der Waals surface area contributed by atoms with Crippen LogP contribution in [0.5, 0.6) is 0 Å². The highest BCUT2D eigenvalue weighted by atomic mass is 35.5. The normalized spacial score (nSPS) is 14.8. The summed E-state index contributed by atoms with van der Waals surface area (Å²) in [5.74, 6) is -0.0675. The van der Waals surface area contributed by atoms with Crippen LogP contribution < -0.4 is 5.32 Å². The van der Waals surface area contributed by atoms with Gasteiger partial charge in [-0.1, -0.05) is 23.7 Å². The number of amides is 1. The summed E-state index contributed by atoms with van der Waals surface area (Å²) >= 11 is 6.10. The molecule has 4 rings (SSSR count). The van der Waals surface area contributed by atoms with E-state index in [2.05, 4.69) is 10.4 Å². The fraction of sp³-hybridized carbons (Fsp3) is 0.300. The molecule has 2 heterocycles. The van der Waals surface area contributed by atoms with Crippen molar-refractivity contribution in [1.82, 2.24) is 20.0 Å². The summed E-state index contributed by atoms with van der Waals surface area (Å²) in [6.45, 7) is 2.29. The zero-order valence-electron chi connectivity index (χ0n) is 15.0. The van der Waals surface area contributed by atoms with E-state index in [1.807, 2.05) is 6.07 Å². The van der Waals surface area contributed by atoms with Gasteiger partial charge in [0.05, 0.1) is 5.52 Å². The minimum atomic E-state index is -2.53. The van der Waals surface area contributed by atoms with Crippen molar-refractivity contribution in [3.05, 3.63) is 53.1 Å². The van der Waals surface area contributed by atoms with E-state index < -0.39 is 13.0 Å². The third-order valence-electron chi connectivity index (χ3n) is 4.81. The molecular weight excluding hydrogens is 386 g/mol. The van der Waals surface area contributed by atoms with Crippen molar-refractivity contribution in [2.45, 2.75) is 13.0 Å². The van der Waals surface area contributed by atoms with Gasteiger partial charge in [-0.25, -0.2) is 8.78 Å². The van der Waals surface area contributed by atoms with Crippen LogP contribution in [0.3, 0.4) is 0 Å². The Hall–Kier alpha value is -2.51. The van der Waals surface area contributed by atoms with Crippen molar-refractivity contribution in [1.29, 1.82) is 0 Å². The predicted octanol–water partition coefficient (Wildman–Crippen LogP) is 3.67. The Bertz CT molecular complexity index is 1010. The van der Waals surface area contributed by atoms with E-state index in [1.54, 1.807) is 41.3 Å². The molecule has 8 heteroatoms. The number of alkyl halides is 2. The molecular formula is C20H19ClF2N4O. The minimum absolute atomic E-state index is 0.0675. The molecule has 0 saturated carbocycles. The van der Waals surface area contributed by atoms with Gasteiger partial charge in [0.15, 0.2) is 0 Å². The molecule has 1 fully saturated rings. The van der Waals surface area contributed by atoms with Crippen LogP contribution in [0.25, 0.3) is 22.2 Å². The van der Waals surface area contributed by atoms with Gasteiger partial charge in [0.25, 0.3) is 12.3 Å². The molecule has 0 atom stereocenters. The highest BCUT2D eigenvalue weighted by molar-refractivity contribution is 6.30. The lowest BCUT2D eigenvalue weighted by Crippen LogP contribution is -2.46. The van der Waals surface area contributed by atoms with E-state index in [0.717, 1.165) is 18.7 Å². The van der Waals surface area contributed by atoms with Gasteiger partial charge in [-0.3, -0.25) is 9.48 Å². The zero-order valence-corrected chi connectivity index (χ0v) is 15.8. The maximum atomic E-state index is 13.0.